The number of nitrogens with zero attached hydrogens (tertiary/aromatic N) is 2. The van der Waals surface area contributed by atoms with Crippen LogP contribution in [0.5, 0.6) is 0 Å². The van der Waals surface area contributed by atoms with Crippen LogP contribution in [-0.4, -0.2) is 49.3 Å². The van der Waals surface area contributed by atoms with Gasteiger partial charge in [-0.1, -0.05) is 18.2 Å². The Bertz CT molecular complexity index is 753. The van der Waals surface area contributed by atoms with Gasteiger partial charge in [-0.05, 0) is 40.8 Å². The van der Waals surface area contributed by atoms with Gasteiger partial charge in [0, 0.05) is 5.39 Å². The molecule has 0 aliphatic carbocycles. The van der Waals surface area contributed by atoms with E-state index in [2.05, 4.69) is 0 Å². The van der Waals surface area contributed by atoms with Gasteiger partial charge >= 0.3 is 0 Å². The molecular weight excluding hydrogens is 312 g/mol. The summed E-state index contributed by atoms with van der Waals surface area (Å²) in [6.45, 7) is -0.707. The molecule has 112 valence electrons. The van der Waals surface area contributed by atoms with Gasteiger partial charge < -0.3 is 20.4 Å². The summed E-state index contributed by atoms with van der Waals surface area (Å²) < 4.78 is 1.51. The van der Waals surface area contributed by atoms with Crippen molar-refractivity contribution >= 4 is 32.5 Å². The Labute approximate surface area is 128 Å². The van der Waals surface area contributed by atoms with Crippen LogP contribution in [-0.2, 0) is 10.1 Å². The number of likely N-dealkylation sites (N-methyl/N-ethyl adjacent to an activating group) is 1. The summed E-state index contributed by atoms with van der Waals surface area (Å²) in [7, 11) is 3.48. The summed E-state index contributed by atoms with van der Waals surface area (Å²) in [4.78, 5) is 1.22. The second kappa shape index (κ2) is 3.96. The number of hydrogen-bond donors (Lipinski definition) is 4. The van der Waals surface area contributed by atoms with Gasteiger partial charge in [0.25, 0.3) is 0 Å². The van der Waals surface area contributed by atoms with Gasteiger partial charge in [0.2, 0.25) is 15.8 Å². The van der Waals surface area contributed by atoms with Crippen molar-refractivity contribution in [3.63, 3.8) is 0 Å². The number of fused-ring (bicyclic) bond motifs is 3. The van der Waals surface area contributed by atoms with E-state index in [0.717, 1.165) is 27.0 Å². The summed E-state index contributed by atoms with van der Waals surface area (Å²) in [5.41, 5.74) is -0.816. The molecule has 2 bridgehead atoms. The first kappa shape index (κ1) is 13.9. The molecule has 1 fully saturated rings. The Balaban J connectivity index is 2.15. The van der Waals surface area contributed by atoms with Crippen LogP contribution in [0.25, 0.3) is 10.9 Å². The molecule has 3 aliphatic heterocycles. The van der Waals surface area contributed by atoms with E-state index >= 15 is 0 Å². The lowest BCUT2D eigenvalue weighted by molar-refractivity contribution is -0.298. The van der Waals surface area contributed by atoms with Crippen molar-refractivity contribution < 1.29 is 20.4 Å². The highest BCUT2D eigenvalue weighted by Gasteiger charge is 2.70. The highest BCUT2D eigenvalue weighted by atomic mass is 33.1. The highest BCUT2D eigenvalue weighted by Crippen LogP contribution is 2.66. The predicted octanol–water partition coefficient (Wildman–Crippen LogP) is 0.368. The molecule has 3 atom stereocenters. The summed E-state index contributed by atoms with van der Waals surface area (Å²) >= 11 is 0. The van der Waals surface area contributed by atoms with Crippen molar-refractivity contribution in [3.05, 3.63) is 36.0 Å². The van der Waals surface area contributed by atoms with Crippen LogP contribution in [0.4, 0.5) is 0 Å². The van der Waals surface area contributed by atoms with Crippen molar-refractivity contribution in [2.75, 3.05) is 13.7 Å². The van der Waals surface area contributed by atoms with Crippen molar-refractivity contribution in [3.8, 4) is 0 Å². The number of hydrogen-bond acceptors (Lipinski definition) is 7. The quantitative estimate of drug-likeness (QED) is 0.563. The van der Waals surface area contributed by atoms with Gasteiger partial charge in [-0.2, -0.15) is 0 Å². The van der Waals surface area contributed by atoms with E-state index in [9.17, 15) is 20.4 Å². The molecule has 3 unspecified atom stereocenters. The Hall–Kier alpha value is -0.740. The smallest absolute Gasteiger partial charge is 0.248 e. The molecule has 1 aromatic carbocycles. The lowest BCUT2D eigenvalue weighted by Crippen LogP contribution is -2.75. The number of rotatable bonds is 1. The third-order valence-electron chi connectivity index (χ3n) is 4.37. The van der Waals surface area contributed by atoms with Gasteiger partial charge in [-0.3, -0.25) is 4.57 Å². The maximum Gasteiger partial charge on any atom is 0.248 e. The van der Waals surface area contributed by atoms with Crippen LogP contribution in [0.15, 0.2) is 30.3 Å². The maximum absolute atomic E-state index is 11.1. The van der Waals surface area contributed by atoms with Gasteiger partial charge in [0.1, 0.15) is 0 Å². The fraction of sp³-hybridized carbons (Fsp3) is 0.385. The second-order valence-corrected chi connectivity index (χ2v) is 7.81. The molecule has 0 amide bonds. The molecule has 1 aromatic heterocycles. The molecule has 3 aliphatic rings. The minimum Gasteiger partial charge on any atom is -0.392 e. The van der Waals surface area contributed by atoms with E-state index in [1.54, 1.807) is 6.07 Å². The summed E-state index contributed by atoms with van der Waals surface area (Å²) in [6.07, 6.45) is 0. The monoisotopic (exact) mass is 326 g/mol. The van der Waals surface area contributed by atoms with Gasteiger partial charge in [0.05, 0.1) is 17.8 Å². The molecule has 4 N–H and O–H groups in total. The fourth-order valence-electron chi connectivity index (χ4n) is 3.07. The van der Waals surface area contributed by atoms with E-state index in [1.807, 2.05) is 24.3 Å². The van der Waals surface area contributed by atoms with Crippen LogP contribution in [0.2, 0.25) is 0 Å². The van der Waals surface area contributed by atoms with E-state index in [0.29, 0.717) is 11.2 Å². The lowest BCUT2D eigenvalue weighted by Gasteiger charge is -2.61. The number of para-hydroxylation sites is 1. The van der Waals surface area contributed by atoms with Crippen molar-refractivity contribution in [1.82, 2.24) is 9.47 Å². The molecule has 4 heterocycles. The third kappa shape index (κ3) is 1.35. The van der Waals surface area contributed by atoms with E-state index in [-0.39, 0.29) is 0 Å². The van der Waals surface area contributed by atoms with Crippen molar-refractivity contribution in [1.29, 1.82) is 0 Å². The Kier molecular flexibility index (Phi) is 2.62. The molecule has 0 spiro atoms. The van der Waals surface area contributed by atoms with Gasteiger partial charge in [0.15, 0.2) is 0 Å². The summed E-state index contributed by atoms with van der Waals surface area (Å²) in [6, 6.07) is 9.17. The number of aromatic nitrogens is 1. The zero-order valence-corrected chi connectivity index (χ0v) is 12.7. The topological polar surface area (TPSA) is 89.1 Å². The van der Waals surface area contributed by atoms with Crippen molar-refractivity contribution in [2.24, 2.45) is 0 Å². The number of aliphatic hydroxyl groups is 4. The summed E-state index contributed by atoms with van der Waals surface area (Å²) in [5, 5.41) is 40.1. The lowest BCUT2D eigenvalue weighted by atomic mass is 10.1. The molecule has 0 saturated carbocycles. The average molecular weight is 326 g/mol. The van der Waals surface area contributed by atoms with Gasteiger partial charge in [-0.15, -0.1) is 0 Å². The molecule has 1 saturated heterocycles. The zero-order valence-electron chi connectivity index (χ0n) is 11.1. The van der Waals surface area contributed by atoms with Crippen molar-refractivity contribution in [2.45, 2.75) is 15.8 Å². The summed E-state index contributed by atoms with van der Waals surface area (Å²) in [5.74, 6) is 0. The normalized spacial score (nSPS) is 38.9. The van der Waals surface area contributed by atoms with E-state index < -0.39 is 22.4 Å². The SMILES string of the molecule is CN1C2(O)SSC(O)(n3c2cc2ccccc23)C1(O)CO. The maximum atomic E-state index is 11.1. The van der Waals surface area contributed by atoms with E-state index in [4.69, 9.17) is 0 Å². The standard InChI is InChI=1S/C13H14N2O4S2/c1-14-11(17,7-16)13(19)15-9-5-3-2-4-8(9)6-10(15)12(14,18)20-21-13/h2-6,16-19H,7H2,1H3. The first-order valence-electron chi connectivity index (χ1n) is 6.39. The Morgan fingerprint density at radius 2 is 1.86 bits per heavy atom. The first-order chi connectivity index (χ1) is 9.88. The predicted molar refractivity (Wildman–Crippen MR) is 81.0 cm³/mol. The molecule has 0 radical (unpaired) electrons. The van der Waals surface area contributed by atoms with Crippen LogP contribution in [0.3, 0.4) is 0 Å². The van der Waals surface area contributed by atoms with Crippen LogP contribution < -0.4 is 0 Å². The second-order valence-electron chi connectivity index (χ2n) is 5.34. The largest absolute Gasteiger partial charge is 0.392 e. The Morgan fingerprint density at radius 1 is 1.14 bits per heavy atom. The molecule has 2 aromatic rings. The number of aliphatic hydroxyl groups excluding tert-OH is 1. The van der Waals surface area contributed by atoms with Gasteiger partial charge in [-0.25, -0.2) is 4.90 Å². The molecule has 21 heavy (non-hydrogen) atoms. The first-order valence-corrected chi connectivity index (χ1v) is 8.54. The van der Waals surface area contributed by atoms with Crippen LogP contribution in [0, 0.1) is 0 Å². The minimum atomic E-state index is -1.99. The molecular formula is C13H14N2O4S2. The third-order valence-corrected chi connectivity index (χ3v) is 7.56. The van der Waals surface area contributed by atoms with E-state index in [1.165, 1.54) is 16.5 Å². The highest BCUT2D eigenvalue weighted by molar-refractivity contribution is 8.77. The average Bonchev–Trinajstić information content (AvgIpc) is 2.90. The molecule has 6 nitrogen and oxygen atoms in total. The minimum absolute atomic E-state index is 0.482. The molecule has 5 rings (SSSR count). The molecule has 8 heteroatoms. The number of benzene rings is 1. The van der Waals surface area contributed by atoms with Crippen LogP contribution in [0.1, 0.15) is 5.69 Å². The fourth-order valence-corrected chi connectivity index (χ4v) is 6.32. The Morgan fingerprint density at radius 3 is 2.57 bits per heavy atom. The zero-order chi connectivity index (χ0) is 15.0. The van der Waals surface area contributed by atoms with Crippen LogP contribution >= 0.6 is 21.6 Å².